The van der Waals surface area contributed by atoms with Crippen molar-refractivity contribution in [2.45, 2.75) is 64.4 Å². The molecule has 2 heteroatoms. The molecule has 4 rings (SSSR count). The van der Waals surface area contributed by atoms with Crippen LogP contribution in [0.5, 0.6) is 0 Å². The minimum atomic E-state index is -0.0949. The first kappa shape index (κ1) is 14.3. The van der Waals surface area contributed by atoms with Gasteiger partial charge in [-0.3, -0.25) is 0 Å². The van der Waals surface area contributed by atoms with Gasteiger partial charge in [0, 0.05) is 0 Å². The van der Waals surface area contributed by atoms with Crippen LogP contribution in [-0.2, 0) is 6.42 Å². The Morgan fingerprint density at radius 3 is 2.82 bits per heavy atom. The number of fused-ring (bicyclic) bond motifs is 5. The predicted octanol–water partition coefficient (Wildman–Crippen LogP) is 4.08. The van der Waals surface area contributed by atoms with Crippen molar-refractivity contribution in [1.29, 1.82) is 5.26 Å². The highest BCUT2D eigenvalue weighted by molar-refractivity contribution is 5.49. The summed E-state index contributed by atoms with van der Waals surface area (Å²) in [5.41, 5.74) is 5.16. The molecule has 0 amide bonds. The molecule has 1 aromatic rings. The van der Waals surface area contributed by atoms with Gasteiger partial charge in [0.1, 0.15) is 0 Å². The Hall–Kier alpha value is -1.33. The Bertz CT molecular complexity index is 658. The van der Waals surface area contributed by atoms with Crippen LogP contribution >= 0.6 is 0 Å². The average molecular weight is 295 g/mol. The number of nitriles is 1. The lowest BCUT2D eigenvalue weighted by atomic mass is 9.55. The van der Waals surface area contributed by atoms with E-state index in [0.29, 0.717) is 11.8 Å². The molecule has 3 unspecified atom stereocenters. The van der Waals surface area contributed by atoms with E-state index in [0.717, 1.165) is 30.7 Å². The van der Waals surface area contributed by atoms with E-state index < -0.39 is 0 Å². The maximum atomic E-state index is 10.4. The zero-order valence-corrected chi connectivity index (χ0v) is 13.6. The molecule has 3 aliphatic rings. The third kappa shape index (κ3) is 1.75. The Kier molecular flexibility index (Phi) is 3.13. The zero-order chi connectivity index (χ0) is 15.5. The van der Waals surface area contributed by atoms with Gasteiger partial charge in [-0.2, -0.15) is 5.26 Å². The van der Waals surface area contributed by atoms with E-state index >= 15 is 0 Å². The fraction of sp³-hybridized carbons (Fsp3) is 0.650. The minimum absolute atomic E-state index is 0.0949. The van der Waals surface area contributed by atoms with E-state index in [1.807, 2.05) is 6.07 Å². The van der Waals surface area contributed by atoms with Crippen LogP contribution in [0.4, 0.5) is 0 Å². The van der Waals surface area contributed by atoms with Crippen molar-refractivity contribution in [3.8, 4) is 6.07 Å². The Morgan fingerprint density at radius 2 is 2.05 bits per heavy atom. The summed E-state index contributed by atoms with van der Waals surface area (Å²) in [4.78, 5) is 0. The molecule has 0 heterocycles. The third-order valence-electron chi connectivity index (χ3n) is 7.27. The molecule has 2 fully saturated rings. The minimum Gasteiger partial charge on any atom is -0.393 e. The molecule has 0 bridgehead atoms. The van der Waals surface area contributed by atoms with Crippen LogP contribution in [0.25, 0.3) is 0 Å². The zero-order valence-electron chi connectivity index (χ0n) is 13.6. The highest BCUT2D eigenvalue weighted by Crippen LogP contribution is 2.61. The standard InChI is InChI=1S/C20H25NO/c1-12-13(11-21)3-4-15-14(12)5-6-17-16(15)9-10-20(2)18(17)7-8-19(20)22/h3-4,16-19,22H,5-10H2,1-2H3/t16?,17?,18?,19-,20-/m0/s1. The highest BCUT2D eigenvalue weighted by Gasteiger charge is 2.54. The number of aliphatic hydroxyl groups excluding tert-OH is 1. The summed E-state index contributed by atoms with van der Waals surface area (Å²) in [6.07, 6.45) is 6.79. The highest BCUT2D eigenvalue weighted by atomic mass is 16.3. The van der Waals surface area contributed by atoms with E-state index in [1.165, 1.54) is 36.0 Å². The van der Waals surface area contributed by atoms with Crippen molar-refractivity contribution in [2.24, 2.45) is 17.3 Å². The summed E-state index contributed by atoms with van der Waals surface area (Å²) in [6.45, 7) is 4.44. The van der Waals surface area contributed by atoms with Gasteiger partial charge < -0.3 is 5.11 Å². The molecule has 0 aliphatic heterocycles. The summed E-state index contributed by atoms with van der Waals surface area (Å²) in [6, 6.07) is 6.58. The van der Waals surface area contributed by atoms with Crippen LogP contribution < -0.4 is 0 Å². The monoisotopic (exact) mass is 295 g/mol. The van der Waals surface area contributed by atoms with Crippen molar-refractivity contribution in [3.63, 3.8) is 0 Å². The summed E-state index contributed by atoms with van der Waals surface area (Å²) in [5.74, 6) is 2.07. The molecule has 0 saturated heterocycles. The molecule has 0 spiro atoms. The molecule has 2 nitrogen and oxygen atoms in total. The summed E-state index contributed by atoms with van der Waals surface area (Å²) >= 11 is 0. The van der Waals surface area contributed by atoms with Crippen LogP contribution in [0.1, 0.15) is 67.2 Å². The smallest absolute Gasteiger partial charge is 0.0994 e. The van der Waals surface area contributed by atoms with Crippen molar-refractivity contribution in [1.82, 2.24) is 0 Å². The van der Waals surface area contributed by atoms with Crippen molar-refractivity contribution in [2.75, 3.05) is 0 Å². The number of benzene rings is 1. The van der Waals surface area contributed by atoms with Crippen molar-refractivity contribution >= 4 is 0 Å². The molecule has 116 valence electrons. The fourth-order valence-electron chi connectivity index (χ4n) is 5.94. The van der Waals surface area contributed by atoms with Gasteiger partial charge in [0.2, 0.25) is 0 Å². The van der Waals surface area contributed by atoms with E-state index in [4.69, 9.17) is 0 Å². The van der Waals surface area contributed by atoms with Crippen LogP contribution in [0.2, 0.25) is 0 Å². The van der Waals surface area contributed by atoms with Crippen LogP contribution in [0.3, 0.4) is 0 Å². The lowest BCUT2D eigenvalue weighted by molar-refractivity contribution is -0.0226. The van der Waals surface area contributed by atoms with Crippen molar-refractivity contribution < 1.29 is 5.11 Å². The number of aliphatic hydroxyl groups is 1. The molecular formula is C20H25NO. The molecule has 0 radical (unpaired) electrons. The van der Waals surface area contributed by atoms with Gasteiger partial charge in [0.15, 0.2) is 0 Å². The topological polar surface area (TPSA) is 44.0 Å². The maximum absolute atomic E-state index is 10.4. The van der Waals surface area contributed by atoms with E-state index in [2.05, 4.69) is 26.0 Å². The second-order valence-electron chi connectivity index (χ2n) is 7.97. The normalized spacial score (nSPS) is 39.5. The molecule has 0 aromatic heterocycles. The number of nitrogens with zero attached hydrogens (tertiary/aromatic N) is 1. The molecule has 5 atom stereocenters. The Balaban J connectivity index is 1.74. The van der Waals surface area contributed by atoms with Gasteiger partial charge in [-0.25, -0.2) is 0 Å². The van der Waals surface area contributed by atoms with Crippen LogP contribution in [0, 0.1) is 35.5 Å². The van der Waals surface area contributed by atoms with Crippen LogP contribution in [0.15, 0.2) is 12.1 Å². The Labute approximate surface area is 133 Å². The second kappa shape index (κ2) is 4.83. The van der Waals surface area contributed by atoms with E-state index in [9.17, 15) is 10.4 Å². The van der Waals surface area contributed by atoms with Gasteiger partial charge in [0.05, 0.1) is 17.7 Å². The lowest BCUT2D eigenvalue weighted by Crippen LogP contribution is -2.44. The quantitative estimate of drug-likeness (QED) is 0.783. The third-order valence-corrected chi connectivity index (χ3v) is 7.27. The summed E-state index contributed by atoms with van der Waals surface area (Å²) in [5, 5.41) is 19.7. The van der Waals surface area contributed by atoms with E-state index in [-0.39, 0.29) is 11.5 Å². The summed E-state index contributed by atoms with van der Waals surface area (Å²) in [7, 11) is 0. The Morgan fingerprint density at radius 1 is 1.23 bits per heavy atom. The van der Waals surface area contributed by atoms with Gasteiger partial charge >= 0.3 is 0 Å². The number of rotatable bonds is 0. The molecule has 22 heavy (non-hydrogen) atoms. The first-order chi connectivity index (χ1) is 10.6. The fourth-order valence-corrected chi connectivity index (χ4v) is 5.94. The number of hydrogen-bond acceptors (Lipinski definition) is 2. The van der Waals surface area contributed by atoms with Gasteiger partial charge in [-0.1, -0.05) is 13.0 Å². The average Bonchev–Trinajstić information content (AvgIpc) is 2.83. The molecule has 1 aromatic carbocycles. The lowest BCUT2D eigenvalue weighted by Gasteiger charge is -2.50. The predicted molar refractivity (Wildman–Crippen MR) is 86.5 cm³/mol. The number of hydrogen-bond donors (Lipinski definition) is 1. The van der Waals surface area contributed by atoms with Gasteiger partial charge in [0.25, 0.3) is 0 Å². The van der Waals surface area contributed by atoms with Crippen molar-refractivity contribution in [3.05, 3.63) is 34.4 Å². The first-order valence-electron chi connectivity index (χ1n) is 8.77. The maximum Gasteiger partial charge on any atom is 0.0994 e. The SMILES string of the molecule is Cc1c(C#N)ccc2c1CCC1C2CC[C@@]2(C)C1CC[C@@H]2O. The van der Waals surface area contributed by atoms with Gasteiger partial charge in [-0.15, -0.1) is 0 Å². The molecule has 3 aliphatic carbocycles. The molecular weight excluding hydrogens is 270 g/mol. The summed E-state index contributed by atoms with van der Waals surface area (Å²) < 4.78 is 0. The van der Waals surface area contributed by atoms with E-state index in [1.54, 1.807) is 0 Å². The van der Waals surface area contributed by atoms with Crippen LogP contribution in [-0.4, -0.2) is 11.2 Å². The first-order valence-corrected chi connectivity index (χ1v) is 8.77. The largest absolute Gasteiger partial charge is 0.393 e. The molecule has 2 saturated carbocycles. The molecule has 1 N–H and O–H groups in total. The van der Waals surface area contributed by atoms with Gasteiger partial charge in [-0.05, 0) is 91.4 Å². The second-order valence-corrected chi connectivity index (χ2v) is 7.97.